The summed E-state index contributed by atoms with van der Waals surface area (Å²) in [5, 5.41) is 3.62. The lowest BCUT2D eigenvalue weighted by Crippen LogP contribution is -2.45. The fraction of sp³-hybridized carbons (Fsp3) is 0.545. The van der Waals surface area contributed by atoms with E-state index in [9.17, 15) is 9.59 Å². The van der Waals surface area contributed by atoms with Crippen LogP contribution in [0.4, 0.5) is 0 Å². The topological polar surface area (TPSA) is 115 Å². The highest BCUT2D eigenvalue weighted by atomic mass is 16.5. The average Bonchev–Trinajstić information content (AvgIpc) is 2.95. The molecule has 0 aromatic carbocycles. The van der Waals surface area contributed by atoms with E-state index in [1.165, 1.54) is 12.3 Å². The lowest BCUT2D eigenvalue weighted by atomic mass is 10.1. The number of aromatic nitrogens is 1. The normalized spacial score (nSPS) is 23.3. The summed E-state index contributed by atoms with van der Waals surface area (Å²) >= 11 is 0. The van der Waals surface area contributed by atoms with Crippen LogP contribution in [0.15, 0.2) is 16.9 Å². The van der Waals surface area contributed by atoms with Gasteiger partial charge in [0.15, 0.2) is 5.69 Å². The van der Waals surface area contributed by atoms with E-state index in [0.29, 0.717) is 6.54 Å². The fourth-order valence-corrected chi connectivity index (χ4v) is 2.41. The zero-order valence-corrected chi connectivity index (χ0v) is 9.91. The molecule has 2 rings (SSSR count). The SMILES string of the molecule is NC[C@@H]1CC[C@H](CC(N)=O)N1C(=O)c1ccon1. The van der Waals surface area contributed by atoms with Crippen LogP contribution in [0.1, 0.15) is 29.8 Å². The van der Waals surface area contributed by atoms with E-state index in [1.54, 1.807) is 4.90 Å². The molecule has 1 aliphatic rings. The summed E-state index contributed by atoms with van der Waals surface area (Å²) in [6, 6.07) is 1.23. The molecular formula is C11H16N4O3. The van der Waals surface area contributed by atoms with Gasteiger partial charge in [-0.1, -0.05) is 5.16 Å². The van der Waals surface area contributed by atoms with Crippen LogP contribution < -0.4 is 11.5 Å². The Balaban J connectivity index is 2.19. The van der Waals surface area contributed by atoms with Crippen LogP contribution in [-0.4, -0.2) is 40.5 Å². The van der Waals surface area contributed by atoms with Crippen molar-refractivity contribution in [2.75, 3.05) is 6.54 Å². The van der Waals surface area contributed by atoms with Crippen LogP contribution in [0.3, 0.4) is 0 Å². The first-order valence-corrected chi connectivity index (χ1v) is 5.85. The summed E-state index contributed by atoms with van der Waals surface area (Å²) in [6.07, 6.45) is 3.00. The largest absolute Gasteiger partial charge is 0.370 e. The molecular weight excluding hydrogens is 236 g/mol. The molecule has 1 saturated heterocycles. The predicted molar refractivity (Wildman–Crippen MR) is 62.3 cm³/mol. The van der Waals surface area contributed by atoms with Gasteiger partial charge in [-0.2, -0.15) is 0 Å². The van der Waals surface area contributed by atoms with E-state index in [-0.39, 0.29) is 30.1 Å². The molecule has 18 heavy (non-hydrogen) atoms. The van der Waals surface area contributed by atoms with Gasteiger partial charge in [-0.15, -0.1) is 0 Å². The van der Waals surface area contributed by atoms with Gasteiger partial charge in [0.25, 0.3) is 5.91 Å². The van der Waals surface area contributed by atoms with Crippen molar-refractivity contribution in [3.63, 3.8) is 0 Å². The Bertz CT molecular complexity index is 432. The molecule has 1 aliphatic heterocycles. The van der Waals surface area contributed by atoms with E-state index in [4.69, 9.17) is 11.5 Å². The number of hydrogen-bond donors (Lipinski definition) is 2. The van der Waals surface area contributed by atoms with Crippen LogP contribution in [0.2, 0.25) is 0 Å². The van der Waals surface area contributed by atoms with Crippen molar-refractivity contribution in [2.45, 2.75) is 31.3 Å². The second-order valence-electron chi connectivity index (χ2n) is 4.39. The van der Waals surface area contributed by atoms with Gasteiger partial charge in [0.2, 0.25) is 5.91 Å². The maximum absolute atomic E-state index is 12.3. The molecule has 2 amide bonds. The van der Waals surface area contributed by atoms with E-state index in [2.05, 4.69) is 9.68 Å². The summed E-state index contributed by atoms with van der Waals surface area (Å²) in [4.78, 5) is 24.9. The smallest absolute Gasteiger partial charge is 0.276 e. The molecule has 98 valence electrons. The Hall–Kier alpha value is -1.89. The molecule has 4 N–H and O–H groups in total. The van der Waals surface area contributed by atoms with Crippen molar-refractivity contribution in [3.8, 4) is 0 Å². The van der Waals surface area contributed by atoms with Crippen molar-refractivity contribution in [1.82, 2.24) is 10.1 Å². The standard InChI is InChI=1S/C11H16N4O3/c12-6-8-2-1-7(5-10(13)16)15(8)11(17)9-3-4-18-14-9/h3-4,7-8H,1-2,5-6,12H2,(H2,13,16)/t7-,8+/m1/s1. The summed E-state index contributed by atoms with van der Waals surface area (Å²) < 4.78 is 4.66. The number of carbonyl (C=O) groups is 2. The highest BCUT2D eigenvalue weighted by Crippen LogP contribution is 2.27. The molecule has 2 atom stereocenters. The lowest BCUT2D eigenvalue weighted by Gasteiger charge is -2.28. The third kappa shape index (κ3) is 2.35. The summed E-state index contributed by atoms with van der Waals surface area (Å²) in [5.74, 6) is -0.682. The molecule has 7 heteroatoms. The number of likely N-dealkylation sites (tertiary alicyclic amines) is 1. The third-order valence-electron chi connectivity index (χ3n) is 3.22. The van der Waals surface area contributed by atoms with Gasteiger partial charge in [-0.25, -0.2) is 0 Å². The van der Waals surface area contributed by atoms with Crippen LogP contribution in [0.25, 0.3) is 0 Å². The Morgan fingerprint density at radius 3 is 2.72 bits per heavy atom. The Morgan fingerprint density at radius 2 is 2.17 bits per heavy atom. The van der Waals surface area contributed by atoms with Crippen LogP contribution in [0, 0.1) is 0 Å². The first-order chi connectivity index (χ1) is 8.63. The monoisotopic (exact) mass is 252 g/mol. The van der Waals surface area contributed by atoms with E-state index in [0.717, 1.165) is 12.8 Å². The molecule has 0 radical (unpaired) electrons. The van der Waals surface area contributed by atoms with E-state index >= 15 is 0 Å². The molecule has 0 spiro atoms. The minimum absolute atomic E-state index is 0.0708. The average molecular weight is 252 g/mol. The molecule has 1 aromatic heterocycles. The van der Waals surface area contributed by atoms with Gasteiger partial charge >= 0.3 is 0 Å². The van der Waals surface area contributed by atoms with Gasteiger partial charge in [0.05, 0.1) is 0 Å². The van der Waals surface area contributed by atoms with Gasteiger partial charge in [-0.3, -0.25) is 9.59 Å². The molecule has 0 bridgehead atoms. The molecule has 0 unspecified atom stereocenters. The second kappa shape index (κ2) is 5.18. The summed E-state index contributed by atoms with van der Waals surface area (Å²) in [6.45, 7) is 0.360. The highest BCUT2D eigenvalue weighted by molar-refractivity contribution is 5.93. The molecule has 2 heterocycles. The maximum Gasteiger partial charge on any atom is 0.276 e. The van der Waals surface area contributed by atoms with Gasteiger partial charge in [0, 0.05) is 31.1 Å². The van der Waals surface area contributed by atoms with Crippen molar-refractivity contribution in [1.29, 1.82) is 0 Å². The molecule has 1 fully saturated rings. The second-order valence-corrected chi connectivity index (χ2v) is 4.39. The van der Waals surface area contributed by atoms with Crippen molar-refractivity contribution < 1.29 is 14.1 Å². The number of nitrogens with zero attached hydrogens (tertiary/aromatic N) is 2. The summed E-state index contributed by atoms with van der Waals surface area (Å²) in [5.41, 5.74) is 11.1. The molecule has 0 saturated carbocycles. The van der Waals surface area contributed by atoms with Crippen LogP contribution in [-0.2, 0) is 4.79 Å². The van der Waals surface area contributed by atoms with E-state index in [1.807, 2.05) is 0 Å². The van der Waals surface area contributed by atoms with Crippen LogP contribution in [0.5, 0.6) is 0 Å². The Kier molecular flexibility index (Phi) is 3.61. The van der Waals surface area contributed by atoms with Gasteiger partial charge < -0.3 is 20.9 Å². The molecule has 7 nitrogen and oxygen atoms in total. The first-order valence-electron chi connectivity index (χ1n) is 5.85. The Morgan fingerprint density at radius 1 is 1.44 bits per heavy atom. The predicted octanol–water partition coefficient (Wildman–Crippen LogP) is -0.518. The number of primary amides is 1. The Labute approximate surface area is 104 Å². The fourth-order valence-electron chi connectivity index (χ4n) is 2.41. The quantitative estimate of drug-likeness (QED) is 0.748. The molecule has 1 aromatic rings. The number of nitrogens with two attached hydrogens (primary N) is 2. The zero-order chi connectivity index (χ0) is 13.1. The summed E-state index contributed by atoms with van der Waals surface area (Å²) in [7, 11) is 0. The number of carbonyl (C=O) groups excluding carboxylic acids is 2. The third-order valence-corrected chi connectivity index (χ3v) is 3.22. The van der Waals surface area contributed by atoms with Crippen LogP contribution >= 0.6 is 0 Å². The number of amides is 2. The minimum atomic E-state index is -0.421. The van der Waals surface area contributed by atoms with Crippen molar-refractivity contribution in [2.24, 2.45) is 11.5 Å². The van der Waals surface area contributed by atoms with Gasteiger partial charge in [-0.05, 0) is 12.8 Å². The van der Waals surface area contributed by atoms with Crippen molar-refractivity contribution >= 4 is 11.8 Å². The lowest BCUT2D eigenvalue weighted by molar-refractivity contribution is -0.118. The highest BCUT2D eigenvalue weighted by Gasteiger charge is 2.37. The first kappa shape index (κ1) is 12.6. The molecule has 0 aliphatic carbocycles. The maximum atomic E-state index is 12.3. The number of hydrogen-bond acceptors (Lipinski definition) is 5. The number of rotatable bonds is 4. The van der Waals surface area contributed by atoms with E-state index < -0.39 is 5.91 Å². The van der Waals surface area contributed by atoms with Gasteiger partial charge in [0.1, 0.15) is 6.26 Å². The minimum Gasteiger partial charge on any atom is -0.370 e. The van der Waals surface area contributed by atoms with Crippen molar-refractivity contribution in [3.05, 3.63) is 18.0 Å². The zero-order valence-electron chi connectivity index (χ0n) is 9.91.